The summed E-state index contributed by atoms with van der Waals surface area (Å²) in [6.45, 7) is 2.56. The van der Waals surface area contributed by atoms with Crippen LogP contribution in [0.2, 0.25) is 0 Å². The number of likely N-dealkylation sites (tertiary alicyclic amines) is 1. The lowest BCUT2D eigenvalue weighted by molar-refractivity contribution is -0.133. The Morgan fingerprint density at radius 3 is 2.81 bits per heavy atom. The number of methoxy groups -OCH3 is 1. The van der Waals surface area contributed by atoms with Crippen molar-refractivity contribution >= 4 is 17.7 Å². The van der Waals surface area contributed by atoms with Crippen LogP contribution in [0.5, 0.6) is 0 Å². The van der Waals surface area contributed by atoms with Gasteiger partial charge in [0.25, 0.3) is 5.91 Å². The standard InChI is InChI=1S/C23H32N4O4/c1-31-15-19-8-5-11-26(19)21(28)10-9-18-13-24-23(30)20-12-17(14-27(18)20)25-22(29)16-6-3-2-4-7-16/h2-4,6-7,17-20H,5,8-15H2,1H3,(H,24,30)(H,25,29)/t17-,18+,19-,20-/m0/s1. The van der Waals surface area contributed by atoms with Crippen LogP contribution in [-0.2, 0) is 14.3 Å². The van der Waals surface area contributed by atoms with Crippen LogP contribution in [0, 0.1) is 0 Å². The molecule has 3 aliphatic heterocycles. The van der Waals surface area contributed by atoms with Crippen molar-refractivity contribution in [1.82, 2.24) is 20.4 Å². The summed E-state index contributed by atoms with van der Waals surface area (Å²) in [5.74, 6) is 0.0654. The molecule has 3 heterocycles. The minimum absolute atomic E-state index is 0.0127. The van der Waals surface area contributed by atoms with Gasteiger partial charge in [-0.1, -0.05) is 18.2 Å². The molecule has 3 fully saturated rings. The summed E-state index contributed by atoms with van der Waals surface area (Å²) < 4.78 is 5.26. The first kappa shape index (κ1) is 21.8. The number of nitrogens with one attached hydrogen (secondary N) is 2. The van der Waals surface area contributed by atoms with Crippen LogP contribution in [0.3, 0.4) is 0 Å². The fourth-order valence-corrected chi connectivity index (χ4v) is 5.17. The van der Waals surface area contributed by atoms with Crippen LogP contribution in [-0.4, -0.2) is 85.0 Å². The molecule has 0 spiro atoms. The smallest absolute Gasteiger partial charge is 0.251 e. The summed E-state index contributed by atoms with van der Waals surface area (Å²) >= 11 is 0. The summed E-state index contributed by atoms with van der Waals surface area (Å²) in [5, 5.41) is 6.07. The fraction of sp³-hybridized carbons (Fsp3) is 0.609. The van der Waals surface area contributed by atoms with Gasteiger partial charge in [-0.2, -0.15) is 0 Å². The predicted molar refractivity (Wildman–Crippen MR) is 115 cm³/mol. The van der Waals surface area contributed by atoms with Crippen molar-refractivity contribution in [3.63, 3.8) is 0 Å². The molecule has 0 bridgehead atoms. The number of ether oxygens (including phenoxy) is 1. The van der Waals surface area contributed by atoms with Gasteiger partial charge in [-0.15, -0.1) is 0 Å². The molecule has 3 aliphatic rings. The molecule has 0 unspecified atom stereocenters. The number of carbonyl (C=O) groups is 3. The van der Waals surface area contributed by atoms with E-state index >= 15 is 0 Å². The van der Waals surface area contributed by atoms with Crippen LogP contribution < -0.4 is 10.6 Å². The third kappa shape index (κ3) is 4.91. The van der Waals surface area contributed by atoms with Gasteiger partial charge in [-0.05, 0) is 37.8 Å². The van der Waals surface area contributed by atoms with Crippen molar-refractivity contribution in [2.75, 3.05) is 33.4 Å². The van der Waals surface area contributed by atoms with E-state index in [1.165, 1.54) is 0 Å². The molecule has 3 amide bonds. The van der Waals surface area contributed by atoms with Gasteiger partial charge in [-0.3, -0.25) is 19.3 Å². The summed E-state index contributed by atoms with van der Waals surface area (Å²) in [4.78, 5) is 41.9. The van der Waals surface area contributed by atoms with E-state index in [-0.39, 0.29) is 41.9 Å². The number of carbonyl (C=O) groups excluding carboxylic acids is 3. The molecule has 0 aromatic heterocycles. The van der Waals surface area contributed by atoms with Gasteiger partial charge < -0.3 is 20.3 Å². The first-order valence-electron chi connectivity index (χ1n) is 11.2. The molecule has 0 aliphatic carbocycles. The lowest BCUT2D eigenvalue weighted by atomic mass is 10.0. The van der Waals surface area contributed by atoms with Gasteiger partial charge >= 0.3 is 0 Å². The maximum absolute atomic E-state index is 12.8. The zero-order chi connectivity index (χ0) is 21.8. The van der Waals surface area contributed by atoms with Gasteiger partial charge in [0.2, 0.25) is 11.8 Å². The molecule has 0 radical (unpaired) electrons. The van der Waals surface area contributed by atoms with Crippen molar-refractivity contribution in [3.05, 3.63) is 35.9 Å². The number of hydrogen-bond acceptors (Lipinski definition) is 5. The number of nitrogens with zero attached hydrogens (tertiary/aromatic N) is 2. The number of rotatable bonds is 7. The zero-order valence-electron chi connectivity index (χ0n) is 18.1. The second-order valence-electron chi connectivity index (χ2n) is 8.76. The van der Waals surface area contributed by atoms with Crippen LogP contribution in [0.4, 0.5) is 0 Å². The van der Waals surface area contributed by atoms with E-state index in [2.05, 4.69) is 15.5 Å². The quantitative estimate of drug-likeness (QED) is 0.670. The van der Waals surface area contributed by atoms with Gasteiger partial charge in [0.15, 0.2) is 0 Å². The largest absolute Gasteiger partial charge is 0.383 e. The summed E-state index contributed by atoms with van der Waals surface area (Å²) in [7, 11) is 1.67. The van der Waals surface area contributed by atoms with E-state index in [1.807, 2.05) is 23.1 Å². The number of benzene rings is 1. The van der Waals surface area contributed by atoms with E-state index in [0.717, 1.165) is 19.4 Å². The van der Waals surface area contributed by atoms with Gasteiger partial charge in [0, 0.05) is 50.8 Å². The van der Waals surface area contributed by atoms with E-state index in [9.17, 15) is 14.4 Å². The average Bonchev–Trinajstić information content (AvgIpc) is 3.42. The highest BCUT2D eigenvalue weighted by atomic mass is 16.5. The molecule has 31 heavy (non-hydrogen) atoms. The Morgan fingerprint density at radius 2 is 2.03 bits per heavy atom. The van der Waals surface area contributed by atoms with Crippen molar-refractivity contribution in [3.8, 4) is 0 Å². The second-order valence-corrected chi connectivity index (χ2v) is 8.76. The third-order valence-corrected chi connectivity index (χ3v) is 6.74. The second kappa shape index (κ2) is 9.78. The summed E-state index contributed by atoms with van der Waals surface area (Å²) in [6.07, 6.45) is 3.78. The van der Waals surface area contributed by atoms with Crippen LogP contribution >= 0.6 is 0 Å². The molecule has 2 N–H and O–H groups in total. The monoisotopic (exact) mass is 428 g/mol. The number of piperazine rings is 1. The van der Waals surface area contributed by atoms with Crippen LogP contribution in [0.1, 0.15) is 42.5 Å². The SMILES string of the molecule is COC[C@@H]1CCCN1C(=O)CC[C@@H]1CNC(=O)[C@@H]2C[C@H](NC(=O)c3ccccc3)CN12. The van der Waals surface area contributed by atoms with Crippen LogP contribution in [0.25, 0.3) is 0 Å². The molecule has 1 aromatic carbocycles. The van der Waals surface area contributed by atoms with E-state index in [0.29, 0.717) is 44.5 Å². The Labute approximate surface area is 183 Å². The molecule has 0 saturated carbocycles. The van der Waals surface area contributed by atoms with E-state index in [1.54, 1.807) is 19.2 Å². The van der Waals surface area contributed by atoms with Crippen LogP contribution in [0.15, 0.2) is 30.3 Å². The van der Waals surface area contributed by atoms with Crippen molar-refractivity contribution in [1.29, 1.82) is 0 Å². The topological polar surface area (TPSA) is 91.0 Å². The maximum Gasteiger partial charge on any atom is 0.251 e. The minimum atomic E-state index is -0.247. The molecule has 3 saturated heterocycles. The first-order valence-corrected chi connectivity index (χ1v) is 11.2. The lowest BCUT2D eigenvalue weighted by Crippen LogP contribution is -2.58. The third-order valence-electron chi connectivity index (χ3n) is 6.74. The highest BCUT2D eigenvalue weighted by Gasteiger charge is 2.44. The molecule has 4 atom stereocenters. The highest BCUT2D eigenvalue weighted by Crippen LogP contribution is 2.27. The first-order chi connectivity index (χ1) is 15.1. The normalized spacial score (nSPS) is 28.3. The molecule has 8 heteroatoms. The number of fused-ring (bicyclic) bond motifs is 1. The van der Waals surface area contributed by atoms with Gasteiger partial charge in [0.05, 0.1) is 18.7 Å². The number of amides is 3. The average molecular weight is 429 g/mol. The molecule has 8 nitrogen and oxygen atoms in total. The van der Waals surface area contributed by atoms with Crippen molar-refractivity contribution in [2.45, 2.75) is 56.3 Å². The Bertz CT molecular complexity index is 802. The molecule has 1 aromatic rings. The molecular weight excluding hydrogens is 396 g/mol. The highest BCUT2D eigenvalue weighted by molar-refractivity contribution is 5.94. The summed E-state index contributed by atoms with van der Waals surface area (Å²) in [6, 6.07) is 9.09. The van der Waals surface area contributed by atoms with Crippen molar-refractivity contribution in [2.24, 2.45) is 0 Å². The lowest BCUT2D eigenvalue weighted by Gasteiger charge is -2.37. The zero-order valence-corrected chi connectivity index (χ0v) is 18.1. The maximum atomic E-state index is 12.8. The Balaban J connectivity index is 1.33. The Hall–Kier alpha value is -2.45. The molecule has 4 rings (SSSR count). The van der Waals surface area contributed by atoms with E-state index in [4.69, 9.17) is 4.74 Å². The van der Waals surface area contributed by atoms with Crippen molar-refractivity contribution < 1.29 is 19.1 Å². The molecular formula is C23H32N4O4. The van der Waals surface area contributed by atoms with E-state index < -0.39 is 0 Å². The summed E-state index contributed by atoms with van der Waals surface area (Å²) in [5.41, 5.74) is 0.621. The molecule has 168 valence electrons. The number of hydrogen-bond donors (Lipinski definition) is 2. The fourth-order valence-electron chi connectivity index (χ4n) is 5.17. The van der Waals surface area contributed by atoms with Gasteiger partial charge in [0.1, 0.15) is 0 Å². The van der Waals surface area contributed by atoms with Gasteiger partial charge in [-0.25, -0.2) is 0 Å². The Morgan fingerprint density at radius 1 is 1.23 bits per heavy atom. The minimum Gasteiger partial charge on any atom is -0.383 e. The predicted octanol–water partition coefficient (Wildman–Crippen LogP) is 0.775. The Kier molecular flexibility index (Phi) is 6.87.